The van der Waals surface area contributed by atoms with Gasteiger partial charge in [-0.05, 0) is 43.2 Å². The molecule has 2 aromatic carbocycles. The van der Waals surface area contributed by atoms with E-state index in [0.29, 0.717) is 24.4 Å². The topological polar surface area (TPSA) is 99.3 Å². The summed E-state index contributed by atoms with van der Waals surface area (Å²) in [6.45, 7) is 3.71. The Morgan fingerprint density at radius 1 is 1.03 bits per heavy atom. The van der Waals surface area contributed by atoms with E-state index in [-0.39, 0.29) is 12.5 Å². The zero-order valence-electron chi connectivity index (χ0n) is 20.4. The lowest BCUT2D eigenvalue weighted by molar-refractivity contribution is -0.140. The molecule has 0 fully saturated rings. The summed E-state index contributed by atoms with van der Waals surface area (Å²) in [5, 5.41) is 2.78. The van der Waals surface area contributed by atoms with Gasteiger partial charge in [0, 0.05) is 27.2 Å². The lowest BCUT2D eigenvalue weighted by atomic mass is 10.1. The van der Waals surface area contributed by atoms with Gasteiger partial charge >= 0.3 is 10.2 Å². The van der Waals surface area contributed by atoms with Crippen LogP contribution in [0.25, 0.3) is 0 Å². The fourth-order valence-corrected chi connectivity index (χ4v) is 4.55. The van der Waals surface area contributed by atoms with Crippen molar-refractivity contribution in [3.05, 3.63) is 60.2 Å². The summed E-state index contributed by atoms with van der Waals surface area (Å²) in [7, 11) is 0.403. The normalized spacial score (nSPS) is 12.2. The third kappa shape index (κ3) is 6.71. The number of nitrogens with zero attached hydrogens (tertiary/aromatic N) is 3. The third-order valence-corrected chi connectivity index (χ3v) is 7.11. The maximum Gasteiger partial charge on any atom is 0.304 e. The van der Waals surface area contributed by atoms with Crippen molar-refractivity contribution in [3.8, 4) is 5.75 Å². The summed E-state index contributed by atoms with van der Waals surface area (Å²) >= 11 is 0. The van der Waals surface area contributed by atoms with Gasteiger partial charge in [0.1, 0.15) is 18.3 Å². The fourth-order valence-electron chi connectivity index (χ4n) is 3.49. The van der Waals surface area contributed by atoms with E-state index in [9.17, 15) is 18.0 Å². The van der Waals surface area contributed by atoms with Crippen molar-refractivity contribution in [3.63, 3.8) is 0 Å². The monoisotopic (exact) mass is 490 g/mol. The smallest absolute Gasteiger partial charge is 0.304 e. The number of rotatable bonds is 12. The van der Waals surface area contributed by atoms with Crippen LogP contribution in [0.4, 0.5) is 5.69 Å². The standard InChI is InChI=1S/C24H34N4O5S/c1-6-22(24(30)25-7-2)27(17-19-12-11-15-21(16-19)33-5)23(29)18-28(34(31,32)26(3)4)20-13-9-8-10-14-20/h8-16,22H,6-7,17-18H2,1-5H3,(H,25,30)/t22-/m1/s1. The number of hydrogen-bond acceptors (Lipinski definition) is 5. The largest absolute Gasteiger partial charge is 0.497 e. The molecule has 0 bridgehead atoms. The molecule has 0 saturated carbocycles. The van der Waals surface area contributed by atoms with Gasteiger partial charge < -0.3 is 15.0 Å². The second-order valence-corrected chi connectivity index (χ2v) is 9.89. The Balaban J connectivity index is 2.48. The van der Waals surface area contributed by atoms with Crippen LogP contribution in [-0.2, 0) is 26.3 Å². The molecule has 1 atom stereocenters. The summed E-state index contributed by atoms with van der Waals surface area (Å²) in [5.74, 6) is -0.157. The SMILES string of the molecule is CCNC(=O)[C@@H](CC)N(Cc1cccc(OC)c1)C(=O)CN(c1ccccc1)S(=O)(=O)N(C)C. The van der Waals surface area contributed by atoms with Gasteiger partial charge in [0.05, 0.1) is 12.8 Å². The number of likely N-dealkylation sites (N-methyl/N-ethyl adjacent to an activating group) is 1. The molecule has 9 nitrogen and oxygen atoms in total. The molecule has 34 heavy (non-hydrogen) atoms. The van der Waals surface area contributed by atoms with Gasteiger partial charge in [0.2, 0.25) is 11.8 Å². The first kappa shape index (κ1) is 27.1. The Bertz CT molecular complexity index is 1060. The van der Waals surface area contributed by atoms with Gasteiger partial charge in [-0.1, -0.05) is 37.3 Å². The Morgan fingerprint density at radius 3 is 2.26 bits per heavy atom. The molecule has 0 radical (unpaired) electrons. The van der Waals surface area contributed by atoms with E-state index in [4.69, 9.17) is 4.74 Å². The zero-order chi connectivity index (χ0) is 25.3. The minimum atomic E-state index is -3.97. The van der Waals surface area contributed by atoms with Crippen molar-refractivity contribution in [1.82, 2.24) is 14.5 Å². The maximum absolute atomic E-state index is 13.7. The zero-order valence-corrected chi connectivity index (χ0v) is 21.2. The van der Waals surface area contributed by atoms with E-state index < -0.39 is 28.7 Å². The number of carbonyl (C=O) groups excluding carboxylic acids is 2. The number of anilines is 1. The van der Waals surface area contributed by atoms with Crippen molar-refractivity contribution in [2.24, 2.45) is 0 Å². The van der Waals surface area contributed by atoms with Gasteiger partial charge in [0.15, 0.2) is 0 Å². The second kappa shape index (κ2) is 12.4. The summed E-state index contributed by atoms with van der Waals surface area (Å²) in [4.78, 5) is 27.9. The van der Waals surface area contributed by atoms with Crippen molar-refractivity contribution < 1.29 is 22.7 Å². The summed E-state index contributed by atoms with van der Waals surface area (Å²) in [6.07, 6.45) is 0.368. The van der Waals surface area contributed by atoms with E-state index in [1.165, 1.54) is 19.0 Å². The molecule has 0 aliphatic carbocycles. The molecule has 0 spiro atoms. The van der Waals surface area contributed by atoms with Crippen LogP contribution in [-0.4, -0.2) is 69.8 Å². The molecule has 186 valence electrons. The number of methoxy groups -OCH3 is 1. The van der Waals surface area contributed by atoms with Crippen LogP contribution < -0.4 is 14.4 Å². The Kier molecular flexibility index (Phi) is 9.88. The summed E-state index contributed by atoms with van der Waals surface area (Å²) in [5.41, 5.74) is 1.12. The van der Waals surface area contributed by atoms with Gasteiger partial charge in [-0.15, -0.1) is 0 Å². The Labute approximate surface area is 202 Å². The molecule has 0 unspecified atom stereocenters. The summed E-state index contributed by atoms with van der Waals surface area (Å²) in [6, 6.07) is 14.9. The molecule has 0 aliphatic heterocycles. The lowest BCUT2D eigenvalue weighted by Crippen LogP contribution is -2.53. The highest BCUT2D eigenvalue weighted by Crippen LogP contribution is 2.22. The molecular formula is C24H34N4O5S. The van der Waals surface area contributed by atoms with Crippen LogP contribution in [0.15, 0.2) is 54.6 Å². The minimum Gasteiger partial charge on any atom is -0.497 e. The third-order valence-electron chi connectivity index (χ3n) is 5.29. The van der Waals surface area contributed by atoms with Crippen LogP contribution in [0.2, 0.25) is 0 Å². The van der Waals surface area contributed by atoms with Crippen molar-refractivity contribution in [2.75, 3.05) is 38.6 Å². The van der Waals surface area contributed by atoms with Crippen LogP contribution in [0, 0.1) is 0 Å². The molecule has 2 rings (SSSR count). The predicted molar refractivity (Wildman–Crippen MR) is 133 cm³/mol. The van der Waals surface area contributed by atoms with Crippen molar-refractivity contribution in [1.29, 1.82) is 0 Å². The Hall–Kier alpha value is -3.11. The molecule has 2 amide bonds. The van der Waals surface area contributed by atoms with E-state index >= 15 is 0 Å². The van der Waals surface area contributed by atoms with Gasteiger partial charge in [-0.3, -0.25) is 9.59 Å². The van der Waals surface area contributed by atoms with Crippen LogP contribution >= 0.6 is 0 Å². The second-order valence-electron chi connectivity index (χ2n) is 7.82. The molecule has 0 aliphatic rings. The number of para-hydroxylation sites is 1. The number of nitrogens with one attached hydrogen (secondary N) is 1. The van der Waals surface area contributed by atoms with Gasteiger partial charge in [0.25, 0.3) is 0 Å². The number of carbonyl (C=O) groups is 2. The first-order chi connectivity index (χ1) is 16.1. The quantitative estimate of drug-likeness (QED) is 0.492. The molecule has 0 heterocycles. The molecule has 2 aromatic rings. The van der Waals surface area contributed by atoms with E-state index in [2.05, 4.69) is 5.32 Å². The van der Waals surface area contributed by atoms with Gasteiger partial charge in [-0.25, -0.2) is 4.31 Å². The van der Waals surface area contributed by atoms with Crippen molar-refractivity contribution >= 4 is 27.7 Å². The van der Waals surface area contributed by atoms with Crippen LogP contribution in [0.5, 0.6) is 5.75 Å². The number of amides is 2. The molecule has 10 heteroatoms. The number of ether oxygens (including phenoxy) is 1. The first-order valence-electron chi connectivity index (χ1n) is 11.1. The van der Waals surface area contributed by atoms with Crippen molar-refractivity contribution in [2.45, 2.75) is 32.9 Å². The van der Waals surface area contributed by atoms with E-state index in [1.54, 1.807) is 62.6 Å². The average Bonchev–Trinajstić information content (AvgIpc) is 2.82. The van der Waals surface area contributed by atoms with Crippen LogP contribution in [0.1, 0.15) is 25.8 Å². The van der Waals surface area contributed by atoms with E-state index in [1.807, 2.05) is 13.0 Å². The lowest BCUT2D eigenvalue weighted by Gasteiger charge is -2.33. The molecule has 0 saturated heterocycles. The fraction of sp³-hybridized carbons (Fsp3) is 0.417. The number of hydrogen-bond donors (Lipinski definition) is 1. The Morgan fingerprint density at radius 2 is 1.71 bits per heavy atom. The highest BCUT2D eigenvalue weighted by molar-refractivity contribution is 7.90. The first-order valence-corrected chi connectivity index (χ1v) is 12.5. The summed E-state index contributed by atoms with van der Waals surface area (Å²) < 4.78 is 33.6. The predicted octanol–water partition coefficient (Wildman–Crippen LogP) is 2.25. The minimum absolute atomic E-state index is 0.121. The van der Waals surface area contributed by atoms with Gasteiger partial charge in [-0.2, -0.15) is 12.7 Å². The number of benzene rings is 2. The molecule has 0 aromatic heterocycles. The average molecular weight is 491 g/mol. The van der Waals surface area contributed by atoms with E-state index in [0.717, 1.165) is 14.2 Å². The highest BCUT2D eigenvalue weighted by atomic mass is 32.2. The molecule has 1 N–H and O–H groups in total. The maximum atomic E-state index is 13.7. The molecular weight excluding hydrogens is 456 g/mol. The highest BCUT2D eigenvalue weighted by Gasteiger charge is 2.33. The van der Waals surface area contributed by atoms with Crippen LogP contribution in [0.3, 0.4) is 0 Å².